The fourth-order valence-electron chi connectivity index (χ4n) is 11.1. The van der Waals surface area contributed by atoms with Crippen LogP contribution in [-0.2, 0) is 33.3 Å². The van der Waals surface area contributed by atoms with Crippen LogP contribution >= 0.6 is 0 Å². The number of esters is 2. The zero-order valence-electron chi connectivity index (χ0n) is 28.9. The van der Waals surface area contributed by atoms with Gasteiger partial charge in [-0.3, -0.25) is 9.59 Å². The van der Waals surface area contributed by atoms with Gasteiger partial charge in [-0.25, -0.2) is 4.79 Å². The number of aliphatic hydroxyl groups excluding tert-OH is 1. The van der Waals surface area contributed by atoms with Gasteiger partial charge >= 0.3 is 17.9 Å². The molecule has 4 aliphatic carbocycles. The van der Waals surface area contributed by atoms with Gasteiger partial charge in [-0.15, -0.1) is 0 Å². The molecule has 1 heterocycles. The number of rotatable bonds is 9. The molecule has 0 aromatic rings. The van der Waals surface area contributed by atoms with E-state index in [0.29, 0.717) is 25.4 Å². The van der Waals surface area contributed by atoms with Crippen LogP contribution in [0.4, 0.5) is 0 Å². The van der Waals surface area contributed by atoms with Crippen LogP contribution in [0, 0.1) is 51.2 Å². The van der Waals surface area contributed by atoms with Gasteiger partial charge in [0.05, 0.1) is 26.7 Å². The number of carbonyl (C=O) groups is 3. The summed E-state index contributed by atoms with van der Waals surface area (Å²) in [6.45, 7) is 18.3. The van der Waals surface area contributed by atoms with Crippen LogP contribution in [0.15, 0.2) is 23.8 Å². The first kappa shape index (κ1) is 35.1. The zero-order chi connectivity index (χ0) is 33.8. The Labute approximate surface area is 274 Å². The highest BCUT2D eigenvalue weighted by Gasteiger charge is 2.59. The van der Waals surface area contributed by atoms with Gasteiger partial charge in [0.2, 0.25) is 0 Å². The van der Waals surface area contributed by atoms with E-state index >= 15 is 0 Å². The van der Waals surface area contributed by atoms with Gasteiger partial charge in [0.1, 0.15) is 12.0 Å². The summed E-state index contributed by atoms with van der Waals surface area (Å²) in [5, 5.41) is 20.7. The molecule has 0 amide bonds. The molecule has 0 radical (unpaired) electrons. The molecule has 1 aliphatic heterocycles. The quantitative estimate of drug-likeness (QED) is 0.227. The lowest BCUT2D eigenvalue weighted by atomic mass is 9.48. The highest BCUT2D eigenvalue weighted by Crippen LogP contribution is 2.63. The maximum absolute atomic E-state index is 14.0. The molecule has 5 rings (SSSR count). The predicted molar refractivity (Wildman–Crippen MR) is 171 cm³/mol. The third-order valence-electron chi connectivity index (χ3n) is 13.1. The molecule has 6 unspecified atom stereocenters. The maximum atomic E-state index is 14.0. The number of methoxy groups -OCH3 is 1. The second-order valence-electron chi connectivity index (χ2n) is 16.8. The van der Waals surface area contributed by atoms with E-state index in [1.54, 1.807) is 0 Å². The fraction of sp³-hybridized carbons (Fsp3) is 0.811. The van der Waals surface area contributed by atoms with E-state index in [9.17, 15) is 24.6 Å². The first-order chi connectivity index (χ1) is 21.4. The van der Waals surface area contributed by atoms with Crippen molar-refractivity contribution in [2.45, 2.75) is 118 Å². The highest BCUT2D eigenvalue weighted by atomic mass is 16.6. The standard InChI is InChI=1S/C37H56O9/c1-21-10-12-26-34(2,3)14-9-15-36(26,6)25(21)20-44-30(33(42)43-8)24(16-28(38)39)31(40)46-23-17-35(4,5)27-13-11-22-19-45-32(41)29(22)37(27,7)18-23/h11,23-27,29-30,32,41H,1,9-10,12-20H2,2-8H3,(H,38,39)/t23?,24?,25-,26?,27?,29+,30?,32?,36+,37-/m1/s1. The molecule has 0 aromatic carbocycles. The summed E-state index contributed by atoms with van der Waals surface area (Å²) in [6.07, 6.45) is 5.81. The minimum Gasteiger partial charge on any atom is -0.481 e. The molecule has 5 aliphatic rings. The van der Waals surface area contributed by atoms with Gasteiger partial charge in [0.25, 0.3) is 0 Å². The maximum Gasteiger partial charge on any atom is 0.335 e. The van der Waals surface area contributed by atoms with Crippen LogP contribution in [-0.4, -0.2) is 66.9 Å². The van der Waals surface area contributed by atoms with E-state index in [0.717, 1.165) is 49.7 Å². The van der Waals surface area contributed by atoms with Crippen molar-refractivity contribution >= 4 is 17.9 Å². The lowest BCUT2D eigenvalue weighted by molar-refractivity contribution is -0.189. The molecule has 9 nitrogen and oxygen atoms in total. The Hall–Kier alpha value is -2.23. The molecule has 0 aromatic heterocycles. The number of carboxylic acid groups (broad SMARTS) is 1. The number of fused-ring (bicyclic) bond motifs is 4. The predicted octanol–water partition coefficient (Wildman–Crippen LogP) is 6.08. The lowest BCUT2D eigenvalue weighted by Crippen LogP contribution is -2.55. The van der Waals surface area contributed by atoms with Crippen molar-refractivity contribution < 1.29 is 43.5 Å². The lowest BCUT2D eigenvalue weighted by Gasteiger charge is -2.58. The van der Waals surface area contributed by atoms with Crippen LogP contribution < -0.4 is 0 Å². The Balaban J connectivity index is 1.37. The van der Waals surface area contributed by atoms with Gasteiger partial charge in [-0.2, -0.15) is 0 Å². The van der Waals surface area contributed by atoms with Crippen molar-refractivity contribution in [1.82, 2.24) is 0 Å². The average molecular weight is 645 g/mol. The molecule has 10 atom stereocenters. The van der Waals surface area contributed by atoms with E-state index in [2.05, 4.69) is 54.2 Å². The first-order valence-corrected chi connectivity index (χ1v) is 17.2. The molecule has 9 heteroatoms. The Morgan fingerprint density at radius 3 is 2.41 bits per heavy atom. The summed E-state index contributed by atoms with van der Waals surface area (Å²) in [5.74, 6) is -3.73. The van der Waals surface area contributed by atoms with Crippen LogP contribution in [0.25, 0.3) is 0 Å². The molecule has 2 N–H and O–H groups in total. The van der Waals surface area contributed by atoms with Gasteiger partial charge in [-0.1, -0.05) is 66.2 Å². The van der Waals surface area contributed by atoms with E-state index in [1.807, 2.05) is 0 Å². The number of ether oxygens (including phenoxy) is 4. The number of allylic oxidation sites excluding steroid dienone is 1. The van der Waals surface area contributed by atoms with E-state index < -0.39 is 54.2 Å². The van der Waals surface area contributed by atoms with Gasteiger partial charge in [0.15, 0.2) is 12.4 Å². The third-order valence-corrected chi connectivity index (χ3v) is 13.1. The van der Waals surface area contributed by atoms with E-state index in [-0.39, 0.29) is 40.6 Å². The van der Waals surface area contributed by atoms with Crippen LogP contribution in [0.3, 0.4) is 0 Å². The van der Waals surface area contributed by atoms with Gasteiger partial charge in [-0.05, 0) is 84.0 Å². The largest absolute Gasteiger partial charge is 0.481 e. The van der Waals surface area contributed by atoms with Crippen molar-refractivity contribution in [2.75, 3.05) is 20.3 Å². The number of aliphatic carboxylic acids is 1. The van der Waals surface area contributed by atoms with Crippen LogP contribution in [0.1, 0.15) is 99.3 Å². The topological polar surface area (TPSA) is 129 Å². The number of hydrogen-bond acceptors (Lipinski definition) is 8. The van der Waals surface area contributed by atoms with E-state index in [4.69, 9.17) is 18.9 Å². The van der Waals surface area contributed by atoms with Crippen molar-refractivity contribution in [3.8, 4) is 0 Å². The average Bonchev–Trinajstić information content (AvgIpc) is 3.33. The first-order valence-electron chi connectivity index (χ1n) is 17.2. The molecule has 0 spiro atoms. The Morgan fingerprint density at radius 2 is 1.74 bits per heavy atom. The molecular formula is C37H56O9. The summed E-state index contributed by atoms with van der Waals surface area (Å²) >= 11 is 0. The van der Waals surface area contributed by atoms with Crippen molar-refractivity contribution in [2.24, 2.45) is 51.2 Å². The van der Waals surface area contributed by atoms with Crippen molar-refractivity contribution in [3.05, 3.63) is 23.8 Å². The summed E-state index contributed by atoms with van der Waals surface area (Å²) in [7, 11) is 1.22. The SMILES string of the molecule is C=C1CCC2C(C)(C)CCC[C@@]2(C)[C@@H]1COC(C(=O)OC)C(CC(=O)O)C(=O)OC1CC(C)(C)C2CC=C3COC(O)[C@H]3[C@]2(C)C1. The number of aliphatic hydroxyl groups is 1. The monoisotopic (exact) mass is 644 g/mol. The number of hydrogen-bond donors (Lipinski definition) is 2. The van der Waals surface area contributed by atoms with E-state index in [1.165, 1.54) is 7.11 Å². The smallest absolute Gasteiger partial charge is 0.335 e. The van der Waals surface area contributed by atoms with Crippen LogP contribution in [0.2, 0.25) is 0 Å². The zero-order valence-corrected chi connectivity index (χ0v) is 28.9. The Morgan fingerprint density at radius 1 is 1.02 bits per heavy atom. The molecule has 46 heavy (non-hydrogen) atoms. The van der Waals surface area contributed by atoms with Gasteiger partial charge in [0, 0.05) is 11.8 Å². The molecule has 3 saturated carbocycles. The molecule has 0 bridgehead atoms. The van der Waals surface area contributed by atoms with Crippen LogP contribution in [0.5, 0.6) is 0 Å². The molecule has 258 valence electrons. The Bertz CT molecular complexity index is 1250. The summed E-state index contributed by atoms with van der Waals surface area (Å²) in [6, 6.07) is 0. The van der Waals surface area contributed by atoms with Crippen molar-refractivity contribution in [3.63, 3.8) is 0 Å². The number of carbonyl (C=O) groups excluding carboxylic acids is 2. The second-order valence-corrected chi connectivity index (χ2v) is 16.8. The molecular weight excluding hydrogens is 588 g/mol. The number of carboxylic acids is 1. The highest BCUT2D eigenvalue weighted by molar-refractivity contribution is 5.87. The minimum absolute atomic E-state index is 0.0379. The Kier molecular flexibility index (Phi) is 9.66. The molecule has 4 fully saturated rings. The second kappa shape index (κ2) is 12.7. The third kappa shape index (κ3) is 6.21. The summed E-state index contributed by atoms with van der Waals surface area (Å²) in [4.78, 5) is 39.3. The van der Waals surface area contributed by atoms with Crippen molar-refractivity contribution in [1.29, 1.82) is 0 Å². The fourth-order valence-corrected chi connectivity index (χ4v) is 11.1. The normalized spacial score (nSPS) is 39.1. The minimum atomic E-state index is -1.43. The summed E-state index contributed by atoms with van der Waals surface area (Å²) in [5.41, 5.74) is 1.62. The summed E-state index contributed by atoms with van der Waals surface area (Å²) < 4.78 is 23.2. The molecule has 1 saturated heterocycles. The van der Waals surface area contributed by atoms with Gasteiger partial charge < -0.3 is 29.2 Å².